The zero-order valence-electron chi connectivity index (χ0n) is 19.5. The second-order valence-corrected chi connectivity index (χ2v) is 7.90. The first kappa shape index (κ1) is 23.4. The monoisotopic (exact) mass is 472 g/mol. The van der Waals surface area contributed by atoms with E-state index in [1.54, 1.807) is 10.6 Å². The van der Waals surface area contributed by atoms with E-state index in [-0.39, 0.29) is 12.2 Å². The molecule has 0 fully saturated rings. The predicted octanol–water partition coefficient (Wildman–Crippen LogP) is 2.23. The maximum absolute atomic E-state index is 12.9. The molecule has 0 radical (unpaired) electrons. The largest absolute Gasteiger partial charge is 0.493 e. The van der Waals surface area contributed by atoms with E-state index in [1.807, 2.05) is 13.8 Å². The molecule has 0 unspecified atom stereocenters. The summed E-state index contributed by atoms with van der Waals surface area (Å²) >= 11 is 0. The zero-order chi connectivity index (χ0) is 24.2. The molecule has 1 aliphatic rings. The third kappa shape index (κ3) is 4.37. The molecule has 4 rings (SSSR count). The molecule has 1 aromatic carbocycles. The summed E-state index contributed by atoms with van der Waals surface area (Å²) in [5.74, 6) is 0.995. The number of aromatic amines is 1. The highest BCUT2D eigenvalue weighted by Crippen LogP contribution is 2.40. The number of aryl methyl sites for hydroxylation is 2. The van der Waals surface area contributed by atoms with E-state index >= 15 is 0 Å². The van der Waals surface area contributed by atoms with Crippen molar-refractivity contribution in [2.45, 2.75) is 52.8 Å². The third-order valence-electron chi connectivity index (χ3n) is 5.54. The van der Waals surface area contributed by atoms with Crippen LogP contribution < -0.4 is 25.5 Å². The van der Waals surface area contributed by atoms with Crippen molar-refractivity contribution in [2.24, 2.45) is 0 Å². The first-order chi connectivity index (χ1) is 16.5. The predicted molar refractivity (Wildman–Crippen MR) is 123 cm³/mol. The first-order valence-corrected chi connectivity index (χ1v) is 11.3. The Hall–Kier alpha value is -3.76. The van der Waals surface area contributed by atoms with Crippen LogP contribution in [0.4, 0.5) is 0 Å². The normalized spacial score (nSPS) is 12.7. The summed E-state index contributed by atoms with van der Waals surface area (Å²) in [6, 6.07) is 3.07. The van der Waals surface area contributed by atoms with Crippen molar-refractivity contribution >= 4 is 17.1 Å². The fourth-order valence-corrected chi connectivity index (χ4v) is 3.92. The molecular formula is C23H28N4O7. The zero-order valence-corrected chi connectivity index (χ0v) is 19.5. The molecule has 2 aromatic heterocycles. The van der Waals surface area contributed by atoms with Gasteiger partial charge in [-0.2, -0.15) is 0 Å². The molecule has 0 bridgehead atoms. The van der Waals surface area contributed by atoms with Gasteiger partial charge in [-0.15, -0.1) is 0 Å². The Kier molecular flexibility index (Phi) is 6.90. The minimum absolute atomic E-state index is 0.175. The van der Waals surface area contributed by atoms with Crippen LogP contribution in [0.5, 0.6) is 17.2 Å². The molecule has 0 amide bonds. The molecule has 0 saturated carbocycles. The molecule has 3 aromatic rings. The molecule has 0 saturated heterocycles. The van der Waals surface area contributed by atoms with Crippen molar-refractivity contribution < 1.29 is 23.7 Å². The second kappa shape index (κ2) is 10.0. The average Bonchev–Trinajstić information content (AvgIpc) is 3.20. The summed E-state index contributed by atoms with van der Waals surface area (Å²) in [6.45, 7) is 5.48. The van der Waals surface area contributed by atoms with Crippen molar-refractivity contribution in [3.8, 4) is 17.2 Å². The summed E-state index contributed by atoms with van der Waals surface area (Å²) in [7, 11) is 1.48. The third-order valence-corrected chi connectivity index (χ3v) is 5.54. The molecule has 3 heterocycles. The van der Waals surface area contributed by atoms with Gasteiger partial charge >= 0.3 is 11.7 Å². The van der Waals surface area contributed by atoms with Crippen LogP contribution in [0.2, 0.25) is 0 Å². The summed E-state index contributed by atoms with van der Waals surface area (Å²) < 4.78 is 25.2. The summed E-state index contributed by atoms with van der Waals surface area (Å²) in [6.07, 6.45) is 2.36. The number of rotatable bonds is 9. The number of ether oxygens (including phenoxy) is 4. The van der Waals surface area contributed by atoms with Gasteiger partial charge in [-0.05, 0) is 25.0 Å². The van der Waals surface area contributed by atoms with Crippen LogP contribution in [-0.4, -0.2) is 45.4 Å². The lowest BCUT2D eigenvalue weighted by atomic mass is 10.1. The van der Waals surface area contributed by atoms with E-state index in [9.17, 15) is 14.4 Å². The lowest BCUT2D eigenvalue weighted by Crippen LogP contribution is -2.31. The van der Waals surface area contributed by atoms with E-state index in [4.69, 9.17) is 18.9 Å². The Bertz CT molecular complexity index is 1300. The summed E-state index contributed by atoms with van der Waals surface area (Å²) in [5.41, 5.74) is -0.189. The standard InChI is InChI=1S/C23H28N4O7/c1-4-6-8-27-20-18(21(28)25-23(27)30)26(7-5-2)17(24-20)13-34-22(29)14-11-15(31-3)19-16(12-14)32-9-10-33-19/h11-12H,4-10,13H2,1-3H3,(H,25,28,30). The second-order valence-electron chi connectivity index (χ2n) is 7.90. The van der Waals surface area contributed by atoms with Crippen molar-refractivity contribution in [2.75, 3.05) is 20.3 Å². The maximum atomic E-state index is 12.9. The van der Waals surface area contributed by atoms with Crippen molar-refractivity contribution in [1.82, 2.24) is 19.1 Å². The van der Waals surface area contributed by atoms with Crippen molar-refractivity contribution in [3.05, 3.63) is 44.4 Å². The topological polar surface area (TPSA) is 127 Å². The van der Waals surface area contributed by atoms with Crippen LogP contribution in [-0.2, 0) is 24.4 Å². The number of unbranched alkanes of at least 4 members (excludes halogenated alkanes) is 1. The lowest BCUT2D eigenvalue weighted by molar-refractivity contribution is 0.0457. The Morgan fingerprint density at radius 1 is 1.12 bits per heavy atom. The lowest BCUT2D eigenvalue weighted by Gasteiger charge is -2.21. The van der Waals surface area contributed by atoms with Gasteiger partial charge in [0.2, 0.25) is 5.75 Å². The highest BCUT2D eigenvalue weighted by atomic mass is 16.6. The van der Waals surface area contributed by atoms with Gasteiger partial charge in [-0.25, -0.2) is 14.6 Å². The van der Waals surface area contributed by atoms with Gasteiger partial charge in [0.15, 0.2) is 22.7 Å². The van der Waals surface area contributed by atoms with E-state index < -0.39 is 17.2 Å². The van der Waals surface area contributed by atoms with Crippen LogP contribution in [0, 0.1) is 0 Å². The molecule has 11 nitrogen and oxygen atoms in total. The van der Waals surface area contributed by atoms with Gasteiger partial charge < -0.3 is 23.5 Å². The maximum Gasteiger partial charge on any atom is 0.338 e. The first-order valence-electron chi connectivity index (χ1n) is 11.3. The van der Waals surface area contributed by atoms with Gasteiger partial charge in [0.05, 0.1) is 12.7 Å². The smallest absolute Gasteiger partial charge is 0.338 e. The number of carbonyl (C=O) groups is 1. The number of aromatic nitrogens is 4. The molecule has 0 atom stereocenters. The number of nitrogens with zero attached hydrogens (tertiary/aromatic N) is 3. The molecule has 11 heteroatoms. The van der Waals surface area contributed by atoms with Crippen LogP contribution in [0.15, 0.2) is 21.7 Å². The molecule has 1 aliphatic heterocycles. The fraction of sp³-hybridized carbons (Fsp3) is 0.478. The number of esters is 1. The number of nitrogens with one attached hydrogen (secondary N) is 1. The molecule has 182 valence electrons. The summed E-state index contributed by atoms with van der Waals surface area (Å²) in [4.78, 5) is 44.8. The number of methoxy groups -OCH3 is 1. The number of hydrogen-bond donors (Lipinski definition) is 1. The van der Waals surface area contributed by atoms with Gasteiger partial charge in [0.25, 0.3) is 5.56 Å². The number of hydrogen-bond acceptors (Lipinski definition) is 8. The van der Waals surface area contributed by atoms with E-state index in [0.29, 0.717) is 60.5 Å². The number of benzene rings is 1. The molecule has 1 N–H and O–H groups in total. The van der Waals surface area contributed by atoms with Crippen molar-refractivity contribution in [1.29, 1.82) is 0 Å². The minimum atomic E-state index is -0.609. The molecule has 0 aliphatic carbocycles. The summed E-state index contributed by atoms with van der Waals surface area (Å²) in [5, 5.41) is 0. The van der Waals surface area contributed by atoms with Crippen LogP contribution in [0.25, 0.3) is 11.2 Å². The number of carbonyl (C=O) groups excluding carboxylic acids is 1. The van der Waals surface area contributed by atoms with Gasteiger partial charge in [-0.3, -0.25) is 14.3 Å². The highest BCUT2D eigenvalue weighted by molar-refractivity contribution is 5.91. The molecule has 0 spiro atoms. The molecular weight excluding hydrogens is 444 g/mol. The fourth-order valence-electron chi connectivity index (χ4n) is 3.92. The number of fused-ring (bicyclic) bond motifs is 2. The van der Waals surface area contributed by atoms with E-state index in [2.05, 4.69) is 9.97 Å². The minimum Gasteiger partial charge on any atom is -0.493 e. The van der Waals surface area contributed by atoms with Crippen LogP contribution in [0.3, 0.4) is 0 Å². The number of H-pyrrole nitrogens is 1. The van der Waals surface area contributed by atoms with E-state index in [1.165, 1.54) is 17.7 Å². The highest BCUT2D eigenvalue weighted by Gasteiger charge is 2.23. The molecule has 34 heavy (non-hydrogen) atoms. The van der Waals surface area contributed by atoms with E-state index in [0.717, 1.165) is 19.3 Å². The van der Waals surface area contributed by atoms with Gasteiger partial charge in [0, 0.05) is 13.1 Å². The quantitative estimate of drug-likeness (QED) is 0.470. The van der Waals surface area contributed by atoms with Crippen LogP contribution in [0.1, 0.15) is 49.3 Å². The Labute approximate surface area is 195 Å². The number of imidazole rings is 1. The van der Waals surface area contributed by atoms with Gasteiger partial charge in [-0.1, -0.05) is 20.3 Å². The Morgan fingerprint density at radius 3 is 2.65 bits per heavy atom. The average molecular weight is 472 g/mol. The Morgan fingerprint density at radius 2 is 1.91 bits per heavy atom. The Balaban J connectivity index is 1.66. The van der Waals surface area contributed by atoms with Crippen LogP contribution >= 0.6 is 0 Å². The SMILES string of the molecule is CCCCn1c(=O)[nH]c(=O)c2c1nc(COC(=O)c1cc(OC)c3c(c1)OCCO3)n2CCC. The van der Waals surface area contributed by atoms with Crippen molar-refractivity contribution in [3.63, 3.8) is 0 Å². The van der Waals surface area contributed by atoms with Gasteiger partial charge in [0.1, 0.15) is 25.6 Å².